The second-order valence-corrected chi connectivity index (χ2v) is 11.0. The summed E-state index contributed by atoms with van der Waals surface area (Å²) in [6, 6.07) is 18.3. The molecule has 0 bridgehead atoms. The van der Waals surface area contributed by atoms with Gasteiger partial charge in [0.1, 0.15) is 6.61 Å². The van der Waals surface area contributed by atoms with Crippen LogP contribution < -0.4 is 9.46 Å². The van der Waals surface area contributed by atoms with E-state index in [1.807, 2.05) is 36.4 Å². The van der Waals surface area contributed by atoms with Crippen LogP contribution in [0.15, 0.2) is 79.3 Å². The molecule has 6 rings (SSSR count). The summed E-state index contributed by atoms with van der Waals surface area (Å²) >= 11 is 0. The predicted octanol–water partition coefficient (Wildman–Crippen LogP) is 5.59. The Morgan fingerprint density at radius 1 is 1.05 bits per heavy atom. The van der Waals surface area contributed by atoms with Crippen molar-refractivity contribution in [2.75, 3.05) is 11.0 Å². The SMILES string of the molecule is CC/C(=C1\c2cc3cnn(-c4ccc(F)nc4)c3cc2COc2ncccc21)c1cccc(NS(C)(=O)=O)c1. The highest BCUT2D eigenvalue weighted by molar-refractivity contribution is 7.92. The van der Waals surface area contributed by atoms with Crippen LogP contribution in [0.2, 0.25) is 0 Å². The van der Waals surface area contributed by atoms with E-state index in [0.717, 1.165) is 50.6 Å². The third-order valence-corrected chi connectivity index (χ3v) is 7.20. The van der Waals surface area contributed by atoms with Crippen LogP contribution in [-0.2, 0) is 16.6 Å². The minimum atomic E-state index is -3.43. The molecular formula is C29H24FN5O3S. The number of aromatic nitrogens is 4. The number of anilines is 1. The molecule has 0 unspecified atom stereocenters. The standard InChI is InChI=1S/C29H24FN5O3S/c1-3-23(18-6-4-7-21(12-18)34-39(2,36)37)28-24-8-5-11-31-29(24)38-17-20-14-26-19(13-25(20)28)15-33-35(26)22-9-10-27(30)32-16-22/h4-16,34H,3,17H2,1-2H3/b28-23+. The molecule has 10 heteroatoms. The molecule has 2 aromatic carbocycles. The van der Waals surface area contributed by atoms with Crippen LogP contribution in [0.25, 0.3) is 27.7 Å². The average Bonchev–Trinajstić information content (AvgIpc) is 3.25. The molecule has 8 nitrogen and oxygen atoms in total. The summed E-state index contributed by atoms with van der Waals surface area (Å²) in [5.41, 5.74) is 7.59. The molecule has 1 aliphatic rings. The maximum Gasteiger partial charge on any atom is 0.229 e. The normalized spacial score (nSPS) is 14.2. The van der Waals surface area contributed by atoms with Crippen LogP contribution in [0.1, 0.15) is 35.6 Å². The first kappa shape index (κ1) is 24.7. The lowest BCUT2D eigenvalue weighted by molar-refractivity contribution is 0.295. The van der Waals surface area contributed by atoms with Gasteiger partial charge in [0, 0.05) is 22.8 Å². The first-order valence-corrected chi connectivity index (χ1v) is 14.2. The van der Waals surface area contributed by atoms with E-state index in [0.29, 0.717) is 23.7 Å². The topological polar surface area (TPSA) is 99.0 Å². The minimum Gasteiger partial charge on any atom is -0.472 e. The second kappa shape index (κ2) is 9.63. The van der Waals surface area contributed by atoms with E-state index >= 15 is 0 Å². The van der Waals surface area contributed by atoms with Crippen LogP contribution in [0.5, 0.6) is 5.88 Å². The van der Waals surface area contributed by atoms with Gasteiger partial charge in [0.15, 0.2) is 0 Å². The van der Waals surface area contributed by atoms with E-state index in [2.05, 4.69) is 32.8 Å². The third kappa shape index (κ3) is 4.74. The maximum absolute atomic E-state index is 13.4. The summed E-state index contributed by atoms with van der Waals surface area (Å²) in [5, 5.41) is 5.44. The van der Waals surface area contributed by atoms with Crippen molar-refractivity contribution in [1.82, 2.24) is 19.7 Å². The molecule has 0 aliphatic carbocycles. The van der Waals surface area contributed by atoms with Gasteiger partial charge in [-0.25, -0.2) is 23.1 Å². The maximum atomic E-state index is 13.4. The lowest BCUT2D eigenvalue weighted by Gasteiger charge is -2.18. The average molecular weight is 542 g/mol. The minimum absolute atomic E-state index is 0.290. The van der Waals surface area contributed by atoms with Crippen molar-refractivity contribution in [2.24, 2.45) is 0 Å². The van der Waals surface area contributed by atoms with Crippen molar-refractivity contribution in [3.63, 3.8) is 0 Å². The molecule has 0 spiro atoms. The van der Waals surface area contributed by atoms with E-state index in [1.54, 1.807) is 29.2 Å². The summed E-state index contributed by atoms with van der Waals surface area (Å²) in [5.74, 6) is -0.0334. The Kier molecular flexibility index (Phi) is 6.11. The number of fused-ring (bicyclic) bond motifs is 3. The first-order chi connectivity index (χ1) is 18.8. The Morgan fingerprint density at radius 2 is 1.92 bits per heavy atom. The number of pyridine rings is 2. The highest BCUT2D eigenvalue weighted by Gasteiger charge is 2.25. The fraction of sp³-hybridized carbons (Fsp3) is 0.138. The Labute approximate surface area is 224 Å². The summed E-state index contributed by atoms with van der Waals surface area (Å²) < 4.78 is 47.7. The van der Waals surface area contributed by atoms with Gasteiger partial charge < -0.3 is 4.74 Å². The number of hydrogen-bond donors (Lipinski definition) is 1. The molecule has 3 aromatic heterocycles. The van der Waals surface area contributed by atoms with E-state index in [-0.39, 0.29) is 6.61 Å². The van der Waals surface area contributed by atoms with Gasteiger partial charge >= 0.3 is 0 Å². The smallest absolute Gasteiger partial charge is 0.229 e. The second-order valence-electron chi connectivity index (χ2n) is 9.27. The van der Waals surface area contributed by atoms with Crippen LogP contribution >= 0.6 is 0 Å². The number of rotatable bonds is 5. The lowest BCUT2D eigenvalue weighted by Crippen LogP contribution is -2.09. The van der Waals surface area contributed by atoms with Gasteiger partial charge in [-0.2, -0.15) is 9.49 Å². The van der Waals surface area contributed by atoms with Crippen molar-refractivity contribution >= 4 is 37.8 Å². The molecule has 1 aliphatic heterocycles. The summed E-state index contributed by atoms with van der Waals surface area (Å²) in [6.07, 6.45) is 6.72. The van der Waals surface area contributed by atoms with E-state index < -0.39 is 16.0 Å². The Morgan fingerprint density at radius 3 is 2.69 bits per heavy atom. The molecule has 0 saturated carbocycles. The van der Waals surface area contributed by atoms with Crippen molar-refractivity contribution in [2.45, 2.75) is 20.0 Å². The number of hydrogen-bond acceptors (Lipinski definition) is 6. The molecule has 39 heavy (non-hydrogen) atoms. The predicted molar refractivity (Wildman–Crippen MR) is 149 cm³/mol. The number of nitrogens with one attached hydrogen (secondary N) is 1. The van der Waals surface area contributed by atoms with Crippen molar-refractivity contribution in [3.05, 3.63) is 107 Å². The number of halogens is 1. The van der Waals surface area contributed by atoms with Crippen molar-refractivity contribution < 1.29 is 17.5 Å². The highest BCUT2D eigenvalue weighted by atomic mass is 32.2. The first-order valence-electron chi connectivity index (χ1n) is 12.3. The lowest BCUT2D eigenvalue weighted by atomic mass is 9.86. The van der Waals surface area contributed by atoms with Crippen LogP contribution in [-0.4, -0.2) is 34.4 Å². The van der Waals surface area contributed by atoms with Gasteiger partial charge in [0.25, 0.3) is 0 Å². The molecule has 4 heterocycles. The Hall–Kier alpha value is -4.57. The van der Waals surface area contributed by atoms with E-state index in [1.165, 1.54) is 12.3 Å². The van der Waals surface area contributed by atoms with Crippen LogP contribution in [0, 0.1) is 5.95 Å². The van der Waals surface area contributed by atoms with Gasteiger partial charge in [-0.15, -0.1) is 0 Å². The molecule has 0 atom stereocenters. The Bertz CT molecular complexity index is 1860. The fourth-order valence-electron chi connectivity index (χ4n) is 4.99. The van der Waals surface area contributed by atoms with Gasteiger partial charge in [-0.3, -0.25) is 4.72 Å². The third-order valence-electron chi connectivity index (χ3n) is 6.59. The van der Waals surface area contributed by atoms with Crippen LogP contribution in [0.3, 0.4) is 0 Å². The molecule has 0 radical (unpaired) electrons. The quantitative estimate of drug-likeness (QED) is 0.291. The molecule has 5 aromatic rings. The monoisotopic (exact) mass is 541 g/mol. The summed E-state index contributed by atoms with van der Waals surface area (Å²) in [6.45, 7) is 2.36. The van der Waals surface area contributed by atoms with Gasteiger partial charge in [0.05, 0.1) is 29.9 Å². The number of benzene rings is 2. The molecule has 0 amide bonds. The molecule has 0 fully saturated rings. The zero-order valence-corrected chi connectivity index (χ0v) is 22.0. The highest BCUT2D eigenvalue weighted by Crippen LogP contribution is 2.43. The fourth-order valence-corrected chi connectivity index (χ4v) is 5.55. The van der Waals surface area contributed by atoms with E-state index in [4.69, 9.17) is 4.74 Å². The van der Waals surface area contributed by atoms with Gasteiger partial charge in [-0.05, 0) is 82.8 Å². The van der Waals surface area contributed by atoms with Gasteiger partial charge in [0.2, 0.25) is 21.9 Å². The summed E-state index contributed by atoms with van der Waals surface area (Å²) in [7, 11) is -3.43. The van der Waals surface area contributed by atoms with Crippen molar-refractivity contribution in [3.8, 4) is 11.6 Å². The Balaban J connectivity index is 1.59. The molecular weight excluding hydrogens is 517 g/mol. The molecule has 196 valence electrons. The number of sulfonamides is 1. The zero-order chi connectivity index (χ0) is 27.1. The summed E-state index contributed by atoms with van der Waals surface area (Å²) in [4.78, 5) is 8.28. The molecule has 0 saturated heterocycles. The number of allylic oxidation sites excluding steroid dienone is 1. The molecule has 1 N–H and O–H groups in total. The van der Waals surface area contributed by atoms with Crippen LogP contribution in [0.4, 0.5) is 10.1 Å². The number of ether oxygens (including phenoxy) is 1. The van der Waals surface area contributed by atoms with Gasteiger partial charge in [-0.1, -0.05) is 19.1 Å². The van der Waals surface area contributed by atoms with Crippen molar-refractivity contribution in [1.29, 1.82) is 0 Å². The largest absolute Gasteiger partial charge is 0.472 e. The number of nitrogens with zero attached hydrogens (tertiary/aromatic N) is 4. The van der Waals surface area contributed by atoms with E-state index in [9.17, 15) is 12.8 Å². The zero-order valence-electron chi connectivity index (χ0n) is 21.2.